The number of esters is 1. The van der Waals surface area contributed by atoms with Crippen LogP contribution in [0, 0.1) is 0 Å². The highest BCUT2D eigenvalue weighted by molar-refractivity contribution is 5.90. The molecule has 0 radical (unpaired) electrons. The first-order valence-electron chi connectivity index (χ1n) is 8.51. The highest BCUT2D eigenvalue weighted by atomic mass is 19.4. The maximum absolute atomic E-state index is 13.2. The van der Waals surface area contributed by atoms with Crippen LogP contribution in [0.2, 0.25) is 0 Å². The van der Waals surface area contributed by atoms with Crippen LogP contribution in [0.15, 0.2) is 42.5 Å². The van der Waals surface area contributed by atoms with Crippen LogP contribution in [0.3, 0.4) is 0 Å². The van der Waals surface area contributed by atoms with Gasteiger partial charge in [0.15, 0.2) is 0 Å². The summed E-state index contributed by atoms with van der Waals surface area (Å²) >= 11 is 0. The summed E-state index contributed by atoms with van der Waals surface area (Å²) in [6.45, 7) is 1.71. The molecule has 26 heavy (non-hydrogen) atoms. The molecule has 1 fully saturated rings. The van der Waals surface area contributed by atoms with Gasteiger partial charge in [0.25, 0.3) is 0 Å². The van der Waals surface area contributed by atoms with Crippen molar-refractivity contribution in [2.75, 3.05) is 20.2 Å². The second-order valence-corrected chi connectivity index (χ2v) is 6.39. The number of ether oxygens (including phenoxy) is 1. The largest absolute Gasteiger partial charge is 0.465 e. The van der Waals surface area contributed by atoms with Gasteiger partial charge in [-0.25, -0.2) is 4.79 Å². The molecule has 0 amide bonds. The molecule has 0 saturated carbocycles. The van der Waals surface area contributed by atoms with E-state index < -0.39 is 17.7 Å². The van der Waals surface area contributed by atoms with Crippen molar-refractivity contribution >= 4 is 5.97 Å². The molecule has 0 aromatic heterocycles. The highest BCUT2D eigenvalue weighted by Gasteiger charge is 2.32. The van der Waals surface area contributed by atoms with E-state index in [-0.39, 0.29) is 5.92 Å². The predicted molar refractivity (Wildman–Crippen MR) is 93.1 cm³/mol. The second kappa shape index (κ2) is 7.50. The van der Waals surface area contributed by atoms with Crippen LogP contribution in [-0.2, 0) is 10.9 Å². The Hall–Kier alpha value is -2.34. The normalized spacial score (nSPS) is 15.7. The molecule has 0 atom stereocenters. The van der Waals surface area contributed by atoms with Gasteiger partial charge >= 0.3 is 12.1 Å². The number of carbonyl (C=O) groups excluding carboxylic acids is 1. The molecule has 0 spiro atoms. The van der Waals surface area contributed by atoms with E-state index >= 15 is 0 Å². The van der Waals surface area contributed by atoms with E-state index in [1.165, 1.54) is 13.2 Å². The van der Waals surface area contributed by atoms with Gasteiger partial charge in [0.2, 0.25) is 0 Å². The lowest BCUT2D eigenvalue weighted by Gasteiger charge is -2.26. The lowest BCUT2D eigenvalue weighted by molar-refractivity contribution is -0.137. The number of hydrogen-bond acceptors (Lipinski definition) is 3. The molecule has 1 heterocycles. The molecule has 1 aliphatic heterocycles. The molecule has 138 valence electrons. The Morgan fingerprint density at radius 2 is 1.73 bits per heavy atom. The van der Waals surface area contributed by atoms with Gasteiger partial charge in [-0.05, 0) is 72.8 Å². The zero-order chi connectivity index (χ0) is 18.7. The first-order valence-corrected chi connectivity index (χ1v) is 8.51. The number of halogens is 3. The fourth-order valence-electron chi connectivity index (χ4n) is 3.38. The van der Waals surface area contributed by atoms with Crippen LogP contribution in [0.25, 0.3) is 11.1 Å². The molecule has 0 unspecified atom stereocenters. The molecular formula is C20H20F3NO2. The zero-order valence-electron chi connectivity index (χ0n) is 14.4. The molecule has 2 aromatic carbocycles. The summed E-state index contributed by atoms with van der Waals surface area (Å²) in [6, 6.07) is 10.5. The topological polar surface area (TPSA) is 38.3 Å². The van der Waals surface area contributed by atoms with E-state index in [2.05, 4.69) is 10.1 Å². The lowest BCUT2D eigenvalue weighted by Crippen LogP contribution is -2.27. The van der Waals surface area contributed by atoms with E-state index in [0.717, 1.165) is 37.6 Å². The second-order valence-electron chi connectivity index (χ2n) is 6.39. The van der Waals surface area contributed by atoms with E-state index in [9.17, 15) is 18.0 Å². The molecule has 0 aliphatic carbocycles. The van der Waals surface area contributed by atoms with Gasteiger partial charge in [-0.2, -0.15) is 13.2 Å². The van der Waals surface area contributed by atoms with Crippen molar-refractivity contribution in [2.24, 2.45) is 0 Å². The van der Waals surface area contributed by atoms with Crippen molar-refractivity contribution in [1.82, 2.24) is 5.32 Å². The quantitative estimate of drug-likeness (QED) is 0.809. The summed E-state index contributed by atoms with van der Waals surface area (Å²) in [4.78, 5) is 11.6. The first kappa shape index (κ1) is 18.5. The summed E-state index contributed by atoms with van der Waals surface area (Å²) in [5, 5.41) is 3.27. The Labute approximate surface area is 150 Å². The standard InChI is InChI=1S/C20H20F3NO2/c1-26-19(25)15-4-2-13(3-5-15)18-12-16(20(21,22)23)6-7-17(18)14-8-10-24-11-9-14/h2-7,12,14,24H,8-11H2,1H3. The number of alkyl halides is 3. The minimum atomic E-state index is -4.40. The smallest absolute Gasteiger partial charge is 0.416 e. The van der Waals surface area contributed by atoms with Crippen LogP contribution in [0.4, 0.5) is 13.2 Å². The number of rotatable bonds is 3. The SMILES string of the molecule is COC(=O)c1ccc(-c2cc(C(F)(F)F)ccc2C2CCNCC2)cc1. The Kier molecular flexibility index (Phi) is 5.32. The molecule has 1 aliphatic rings. The Balaban J connectivity index is 2.05. The number of methoxy groups -OCH3 is 1. The van der Waals surface area contributed by atoms with E-state index in [1.54, 1.807) is 30.3 Å². The summed E-state index contributed by atoms with van der Waals surface area (Å²) in [5.74, 6) is -0.256. The van der Waals surface area contributed by atoms with Gasteiger partial charge < -0.3 is 10.1 Å². The number of piperidine rings is 1. The van der Waals surface area contributed by atoms with Crippen molar-refractivity contribution in [3.63, 3.8) is 0 Å². The monoisotopic (exact) mass is 363 g/mol. The van der Waals surface area contributed by atoms with Gasteiger partial charge in [0.05, 0.1) is 18.2 Å². The molecular weight excluding hydrogens is 343 g/mol. The lowest BCUT2D eigenvalue weighted by atomic mass is 9.84. The van der Waals surface area contributed by atoms with Crippen LogP contribution in [0.1, 0.15) is 40.2 Å². The third-order valence-electron chi connectivity index (χ3n) is 4.78. The maximum Gasteiger partial charge on any atom is 0.416 e. The van der Waals surface area contributed by atoms with E-state index in [1.807, 2.05) is 0 Å². The summed E-state index contributed by atoms with van der Waals surface area (Å²) in [5.41, 5.74) is 1.86. The van der Waals surface area contributed by atoms with Crippen molar-refractivity contribution < 1.29 is 22.7 Å². The van der Waals surface area contributed by atoms with Gasteiger partial charge in [-0.3, -0.25) is 0 Å². The van der Waals surface area contributed by atoms with E-state index in [4.69, 9.17) is 0 Å². The maximum atomic E-state index is 13.2. The molecule has 6 heteroatoms. The summed E-state index contributed by atoms with van der Waals surface area (Å²) in [6.07, 6.45) is -2.62. The van der Waals surface area contributed by atoms with E-state index in [0.29, 0.717) is 16.7 Å². The number of hydrogen-bond donors (Lipinski definition) is 1. The molecule has 3 nitrogen and oxygen atoms in total. The highest BCUT2D eigenvalue weighted by Crippen LogP contribution is 2.38. The van der Waals surface area contributed by atoms with Crippen molar-refractivity contribution in [3.8, 4) is 11.1 Å². The van der Waals surface area contributed by atoms with Crippen LogP contribution in [0.5, 0.6) is 0 Å². The molecule has 0 bridgehead atoms. The van der Waals surface area contributed by atoms with Gasteiger partial charge in [0, 0.05) is 0 Å². The zero-order valence-corrected chi connectivity index (χ0v) is 14.4. The Morgan fingerprint density at radius 1 is 1.08 bits per heavy atom. The van der Waals surface area contributed by atoms with Crippen molar-refractivity contribution in [1.29, 1.82) is 0 Å². The third kappa shape index (κ3) is 3.90. The fraction of sp³-hybridized carbons (Fsp3) is 0.350. The number of benzene rings is 2. The predicted octanol–water partition coefficient (Wildman–Crippen LogP) is 4.63. The van der Waals surface area contributed by atoms with Gasteiger partial charge in [0.1, 0.15) is 0 Å². The fourth-order valence-corrected chi connectivity index (χ4v) is 3.38. The molecule has 1 N–H and O–H groups in total. The minimum absolute atomic E-state index is 0.216. The molecule has 1 saturated heterocycles. The minimum Gasteiger partial charge on any atom is -0.465 e. The Morgan fingerprint density at radius 3 is 2.31 bits per heavy atom. The van der Waals surface area contributed by atoms with Crippen LogP contribution in [-0.4, -0.2) is 26.2 Å². The Bertz CT molecular complexity index is 779. The van der Waals surface area contributed by atoms with Crippen LogP contribution >= 0.6 is 0 Å². The number of nitrogens with one attached hydrogen (secondary N) is 1. The summed E-state index contributed by atoms with van der Waals surface area (Å²) in [7, 11) is 1.29. The summed E-state index contributed by atoms with van der Waals surface area (Å²) < 4.78 is 44.3. The average Bonchev–Trinajstić information content (AvgIpc) is 2.67. The first-order chi connectivity index (χ1) is 12.4. The molecule has 3 rings (SSSR count). The van der Waals surface area contributed by atoms with Crippen molar-refractivity contribution in [2.45, 2.75) is 24.9 Å². The average molecular weight is 363 g/mol. The van der Waals surface area contributed by atoms with Crippen LogP contribution < -0.4 is 5.32 Å². The number of carbonyl (C=O) groups is 1. The van der Waals surface area contributed by atoms with Crippen molar-refractivity contribution in [3.05, 3.63) is 59.2 Å². The third-order valence-corrected chi connectivity index (χ3v) is 4.78. The van der Waals surface area contributed by atoms with Gasteiger partial charge in [-0.1, -0.05) is 18.2 Å². The van der Waals surface area contributed by atoms with Gasteiger partial charge in [-0.15, -0.1) is 0 Å². The molecule has 2 aromatic rings.